The molecule has 0 aromatic heterocycles. The lowest BCUT2D eigenvalue weighted by molar-refractivity contribution is 0.0678. The van der Waals surface area contributed by atoms with Gasteiger partial charge in [-0.05, 0) is 43.9 Å². The molecule has 0 aliphatic carbocycles. The number of halogens is 1. The molecule has 0 spiro atoms. The Bertz CT molecular complexity index is 523. The summed E-state index contributed by atoms with van der Waals surface area (Å²) in [6, 6.07) is 5.88. The Hall–Kier alpha value is -1.26. The summed E-state index contributed by atoms with van der Waals surface area (Å²) in [7, 11) is 1.82. The minimum Gasteiger partial charge on any atom is -0.507 e. The van der Waals surface area contributed by atoms with Crippen LogP contribution in [0.3, 0.4) is 0 Å². The van der Waals surface area contributed by atoms with E-state index in [0.29, 0.717) is 17.1 Å². The SMILES string of the molecule is CN(C(=O)c1cc(Cl)ccc1O)C1CC2CCC(C1)N2. The van der Waals surface area contributed by atoms with Crippen LogP contribution >= 0.6 is 11.6 Å². The summed E-state index contributed by atoms with van der Waals surface area (Å²) in [6.45, 7) is 0. The van der Waals surface area contributed by atoms with Crippen molar-refractivity contribution in [3.05, 3.63) is 28.8 Å². The van der Waals surface area contributed by atoms with Crippen LogP contribution in [0.1, 0.15) is 36.0 Å². The fraction of sp³-hybridized carbons (Fsp3) is 0.533. The third-order valence-corrected chi connectivity index (χ3v) is 4.74. The van der Waals surface area contributed by atoms with Gasteiger partial charge in [0.15, 0.2) is 0 Å². The maximum absolute atomic E-state index is 12.5. The average Bonchev–Trinajstić information content (AvgIpc) is 2.78. The number of carbonyl (C=O) groups is 1. The number of fused-ring (bicyclic) bond motifs is 2. The minimum atomic E-state index is -0.156. The van der Waals surface area contributed by atoms with E-state index in [1.54, 1.807) is 11.0 Å². The van der Waals surface area contributed by atoms with Gasteiger partial charge in [-0.3, -0.25) is 4.79 Å². The second-order valence-corrected chi connectivity index (χ2v) is 6.28. The second-order valence-electron chi connectivity index (χ2n) is 5.84. The summed E-state index contributed by atoms with van der Waals surface area (Å²) in [5.74, 6) is -0.167. The predicted octanol–water partition coefficient (Wildman–Crippen LogP) is 2.40. The molecule has 2 heterocycles. The summed E-state index contributed by atoms with van der Waals surface area (Å²) in [6.07, 6.45) is 4.37. The Morgan fingerprint density at radius 3 is 2.65 bits per heavy atom. The molecule has 1 aromatic carbocycles. The molecular weight excluding hydrogens is 276 g/mol. The number of nitrogens with zero attached hydrogens (tertiary/aromatic N) is 1. The van der Waals surface area contributed by atoms with Gasteiger partial charge >= 0.3 is 0 Å². The standard InChI is InChI=1S/C15H19ClN2O2/c1-18(12-7-10-3-4-11(8-12)17-10)15(20)13-6-9(16)2-5-14(13)19/h2,5-6,10-12,17,19H,3-4,7-8H2,1H3. The van der Waals surface area contributed by atoms with Crippen molar-refractivity contribution in [2.45, 2.75) is 43.8 Å². The quantitative estimate of drug-likeness (QED) is 0.881. The molecule has 2 aliphatic rings. The van der Waals surface area contributed by atoms with Crippen LogP contribution in [-0.2, 0) is 0 Å². The van der Waals surface area contributed by atoms with Crippen LogP contribution in [0.25, 0.3) is 0 Å². The number of benzene rings is 1. The lowest BCUT2D eigenvalue weighted by Crippen LogP contribution is -2.48. The number of hydrogen-bond acceptors (Lipinski definition) is 3. The van der Waals surface area contributed by atoms with Crippen LogP contribution in [0.5, 0.6) is 5.75 Å². The van der Waals surface area contributed by atoms with E-state index >= 15 is 0 Å². The van der Waals surface area contributed by atoms with Gasteiger partial charge in [0.1, 0.15) is 5.75 Å². The van der Waals surface area contributed by atoms with Crippen molar-refractivity contribution in [1.82, 2.24) is 10.2 Å². The fourth-order valence-corrected chi connectivity index (χ4v) is 3.55. The van der Waals surface area contributed by atoms with Gasteiger partial charge in [-0.2, -0.15) is 0 Å². The minimum absolute atomic E-state index is 0.0110. The molecule has 2 N–H and O–H groups in total. The van der Waals surface area contributed by atoms with Crippen molar-refractivity contribution in [1.29, 1.82) is 0 Å². The van der Waals surface area contributed by atoms with E-state index in [1.807, 2.05) is 7.05 Å². The first-order valence-electron chi connectivity index (χ1n) is 7.06. The third-order valence-electron chi connectivity index (χ3n) is 4.51. The van der Waals surface area contributed by atoms with Gasteiger partial charge in [0, 0.05) is 30.2 Å². The van der Waals surface area contributed by atoms with E-state index in [-0.39, 0.29) is 23.3 Å². The molecule has 20 heavy (non-hydrogen) atoms. The number of carbonyl (C=O) groups excluding carboxylic acids is 1. The number of phenols is 1. The van der Waals surface area contributed by atoms with E-state index in [9.17, 15) is 9.90 Å². The molecule has 1 aromatic rings. The molecule has 0 saturated carbocycles. The van der Waals surface area contributed by atoms with Crippen molar-refractivity contribution >= 4 is 17.5 Å². The van der Waals surface area contributed by atoms with Gasteiger partial charge < -0.3 is 15.3 Å². The van der Waals surface area contributed by atoms with Crippen molar-refractivity contribution in [2.75, 3.05) is 7.05 Å². The molecule has 5 heteroatoms. The van der Waals surface area contributed by atoms with Crippen LogP contribution in [0.2, 0.25) is 5.02 Å². The molecule has 108 valence electrons. The summed E-state index contributed by atoms with van der Waals surface area (Å²) in [4.78, 5) is 14.3. The lowest BCUT2D eigenvalue weighted by Gasteiger charge is -2.35. The summed E-state index contributed by atoms with van der Waals surface area (Å²) in [5, 5.41) is 13.9. The van der Waals surface area contributed by atoms with E-state index < -0.39 is 0 Å². The number of aromatic hydroxyl groups is 1. The van der Waals surface area contributed by atoms with E-state index in [2.05, 4.69) is 5.32 Å². The Morgan fingerprint density at radius 1 is 1.35 bits per heavy atom. The van der Waals surface area contributed by atoms with Crippen LogP contribution in [0.4, 0.5) is 0 Å². The largest absolute Gasteiger partial charge is 0.507 e. The van der Waals surface area contributed by atoms with Gasteiger partial charge in [0.25, 0.3) is 5.91 Å². The molecule has 2 saturated heterocycles. The van der Waals surface area contributed by atoms with E-state index in [4.69, 9.17) is 11.6 Å². The van der Waals surface area contributed by atoms with Crippen molar-refractivity contribution in [3.8, 4) is 5.75 Å². The zero-order valence-corrected chi connectivity index (χ0v) is 12.2. The highest BCUT2D eigenvalue weighted by atomic mass is 35.5. The molecule has 0 radical (unpaired) electrons. The Morgan fingerprint density at radius 2 is 2.00 bits per heavy atom. The zero-order chi connectivity index (χ0) is 14.3. The Balaban J connectivity index is 1.78. The molecular formula is C15H19ClN2O2. The molecule has 2 bridgehead atoms. The highest BCUT2D eigenvalue weighted by Crippen LogP contribution is 2.31. The van der Waals surface area contributed by atoms with E-state index in [1.165, 1.54) is 25.0 Å². The van der Waals surface area contributed by atoms with Gasteiger partial charge in [-0.15, -0.1) is 0 Å². The molecule has 4 nitrogen and oxygen atoms in total. The van der Waals surface area contributed by atoms with Gasteiger partial charge in [-0.1, -0.05) is 11.6 Å². The lowest BCUT2D eigenvalue weighted by atomic mass is 9.98. The highest BCUT2D eigenvalue weighted by Gasteiger charge is 2.36. The molecule has 2 aliphatic heterocycles. The molecule has 1 amide bonds. The fourth-order valence-electron chi connectivity index (χ4n) is 3.38. The Kier molecular flexibility index (Phi) is 3.61. The first kappa shape index (κ1) is 13.7. The third kappa shape index (κ3) is 2.50. The van der Waals surface area contributed by atoms with Crippen LogP contribution in [-0.4, -0.2) is 41.1 Å². The summed E-state index contributed by atoms with van der Waals surface area (Å²) < 4.78 is 0. The average molecular weight is 295 g/mol. The van der Waals surface area contributed by atoms with Crippen molar-refractivity contribution < 1.29 is 9.90 Å². The highest BCUT2D eigenvalue weighted by molar-refractivity contribution is 6.31. The molecule has 2 fully saturated rings. The first-order valence-corrected chi connectivity index (χ1v) is 7.44. The molecule has 3 rings (SSSR count). The number of rotatable bonds is 2. The van der Waals surface area contributed by atoms with Crippen LogP contribution in [0, 0.1) is 0 Å². The number of nitrogens with one attached hydrogen (secondary N) is 1. The summed E-state index contributed by atoms with van der Waals surface area (Å²) in [5.41, 5.74) is 0.283. The maximum Gasteiger partial charge on any atom is 0.257 e. The number of piperidine rings is 1. The smallest absolute Gasteiger partial charge is 0.257 e. The number of hydrogen-bond donors (Lipinski definition) is 2. The van der Waals surface area contributed by atoms with Gasteiger partial charge in [-0.25, -0.2) is 0 Å². The second kappa shape index (κ2) is 5.26. The molecule has 2 unspecified atom stereocenters. The Labute approximate surface area is 123 Å². The first-order chi connectivity index (χ1) is 9.54. The van der Waals surface area contributed by atoms with Gasteiger partial charge in [0.2, 0.25) is 0 Å². The predicted molar refractivity (Wildman–Crippen MR) is 78.2 cm³/mol. The van der Waals surface area contributed by atoms with Crippen molar-refractivity contribution in [3.63, 3.8) is 0 Å². The number of phenolic OH excluding ortho intramolecular Hbond substituents is 1. The number of amides is 1. The van der Waals surface area contributed by atoms with Crippen LogP contribution in [0.15, 0.2) is 18.2 Å². The van der Waals surface area contributed by atoms with Crippen LogP contribution < -0.4 is 5.32 Å². The zero-order valence-electron chi connectivity index (χ0n) is 11.5. The topological polar surface area (TPSA) is 52.6 Å². The van der Waals surface area contributed by atoms with Gasteiger partial charge in [0.05, 0.1) is 5.56 Å². The van der Waals surface area contributed by atoms with E-state index in [0.717, 1.165) is 12.8 Å². The van der Waals surface area contributed by atoms with Crippen molar-refractivity contribution in [2.24, 2.45) is 0 Å². The normalized spacial score (nSPS) is 28.4. The maximum atomic E-state index is 12.5. The summed E-state index contributed by atoms with van der Waals surface area (Å²) >= 11 is 5.92. The monoisotopic (exact) mass is 294 g/mol. The molecule has 2 atom stereocenters.